The van der Waals surface area contributed by atoms with Crippen molar-refractivity contribution in [2.24, 2.45) is 4.99 Å². The Morgan fingerprint density at radius 3 is 2.52 bits per heavy atom. The fourth-order valence-electron chi connectivity index (χ4n) is 3.35. The Morgan fingerprint density at radius 1 is 1.04 bits per heavy atom. The molecule has 0 spiro atoms. The van der Waals surface area contributed by atoms with Crippen molar-refractivity contribution >= 4 is 11.4 Å². The monoisotopic (exact) mass is 339 g/mol. The summed E-state index contributed by atoms with van der Waals surface area (Å²) in [4.78, 5) is 8.96. The predicted molar refractivity (Wildman–Crippen MR) is 94.7 cm³/mol. The molecule has 1 aliphatic heterocycles. The van der Waals surface area contributed by atoms with Crippen LogP contribution in [0.5, 0.6) is 0 Å². The van der Waals surface area contributed by atoms with Crippen LogP contribution in [0, 0.1) is 13.8 Å². The van der Waals surface area contributed by atoms with Gasteiger partial charge in [-0.05, 0) is 44.9 Å². The molecular weight excluding hydrogens is 320 g/mol. The molecule has 25 heavy (non-hydrogen) atoms. The van der Waals surface area contributed by atoms with E-state index in [9.17, 15) is 8.78 Å². The zero-order valence-electron chi connectivity index (χ0n) is 14.6. The third-order valence-corrected chi connectivity index (χ3v) is 5.12. The highest BCUT2D eigenvalue weighted by Crippen LogP contribution is 2.46. The van der Waals surface area contributed by atoms with Crippen molar-refractivity contribution in [3.63, 3.8) is 0 Å². The minimum atomic E-state index is -3.03. The molecule has 2 aromatic heterocycles. The van der Waals surface area contributed by atoms with E-state index in [1.807, 2.05) is 30.5 Å². The molecule has 0 amide bonds. The smallest absolute Gasteiger partial charge is 0.297 e. The summed E-state index contributed by atoms with van der Waals surface area (Å²) < 4.78 is 31.7. The number of aliphatic imine (C=N–C) groups is 1. The van der Waals surface area contributed by atoms with E-state index in [-0.39, 0.29) is 5.56 Å². The Hall–Kier alpha value is -2.56. The molecule has 0 saturated carbocycles. The summed E-state index contributed by atoms with van der Waals surface area (Å²) in [6, 6.07) is 8.61. The lowest BCUT2D eigenvalue weighted by Crippen LogP contribution is -2.44. The average molecular weight is 339 g/mol. The molecule has 0 bridgehead atoms. The number of nitrogens with zero attached hydrogens (tertiary/aromatic N) is 3. The summed E-state index contributed by atoms with van der Waals surface area (Å²) >= 11 is 0. The molecule has 128 valence electrons. The van der Waals surface area contributed by atoms with Gasteiger partial charge >= 0.3 is 0 Å². The van der Waals surface area contributed by atoms with Gasteiger partial charge in [-0.1, -0.05) is 24.3 Å². The molecule has 1 aromatic carbocycles. The van der Waals surface area contributed by atoms with Crippen LogP contribution in [0.2, 0.25) is 0 Å². The maximum absolute atomic E-state index is 14.9. The second kappa shape index (κ2) is 4.97. The van der Waals surface area contributed by atoms with Crippen molar-refractivity contribution < 1.29 is 8.78 Å². The highest BCUT2D eigenvalue weighted by Gasteiger charge is 2.52. The first-order valence-electron chi connectivity index (χ1n) is 8.25. The van der Waals surface area contributed by atoms with Gasteiger partial charge in [0, 0.05) is 17.3 Å². The van der Waals surface area contributed by atoms with E-state index in [4.69, 9.17) is 0 Å². The Balaban J connectivity index is 2.03. The molecule has 1 aliphatic rings. The minimum absolute atomic E-state index is 0.0174. The van der Waals surface area contributed by atoms with E-state index in [1.165, 1.54) is 19.9 Å². The molecule has 0 atom stereocenters. The predicted octanol–water partition coefficient (Wildman–Crippen LogP) is 4.67. The quantitative estimate of drug-likeness (QED) is 0.633. The van der Waals surface area contributed by atoms with Crippen LogP contribution in [-0.4, -0.2) is 20.6 Å². The SMILES string of the molecule is Cc1ccn2c(C3=NC(C)(C)C(F)(F)c4ccccc43)cnc2c1C. The number of pyridine rings is 1. The van der Waals surface area contributed by atoms with Gasteiger partial charge in [-0.15, -0.1) is 0 Å². The standard InChI is InChI=1S/C20H19F2N3/c1-12-9-10-25-16(11-23-18(25)13(12)2)17-14-7-5-6-8-15(14)20(21,22)19(3,4)24-17/h5-11H,1-4H3. The van der Waals surface area contributed by atoms with E-state index in [2.05, 4.69) is 9.98 Å². The van der Waals surface area contributed by atoms with Crippen molar-refractivity contribution in [3.8, 4) is 0 Å². The molecular formula is C20H19F2N3. The number of hydrogen-bond acceptors (Lipinski definition) is 2. The number of halogens is 2. The molecule has 0 N–H and O–H groups in total. The molecule has 0 fully saturated rings. The molecule has 3 nitrogen and oxygen atoms in total. The largest absolute Gasteiger partial charge is 0.298 e. The summed E-state index contributed by atoms with van der Waals surface area (Å²) in [6.45, 7) is 6.99. The second-order valence-electron chi connectivity index (χ2n) is 7.10. The first-order valence-corrected chi connectivity index (χ1v) is 8.25. The number of aromatic nitrogens is 2. The fraction of sp³-hybridized carbons (Fsp3) is 0.300. The zero-order chi connectivity index (χ0) is 18.0. The van der Waals surface area contributed by atoms with Crippen LogP contribution in [0.3, 0.4) is 0 Å². The topological polar surface area (TPSA) is 29.7 Å². The minimum Gasteiger partial charge on any atom is -0.298 e. The fourth-order valence-corrected chi connectivity index (χ4v) is 3.35. The van der Waals surface area contributed by atoms with Gasteiger partial charge in [-0.2, -0.15) is 8.78 Å². The number of imidazole rings is 1. The van der Waals surface area contributed by atoms with Crippen LogP contribution in [0.4, 0.5) is 8.78 Å². The van der Waals surface area contributed by atoms with E-state index in [0.29, 0.717) is 11.3 Å². The van der Waals surface area contributed by atoms with E-state index in [1.54, 1.807) is 24.4 Å². The Kier molecular flexibility index (Phi) is 3.17. The van der Waals surface area contributed by atoms with Gasteiger partial charge in [0.1, 0.15) is 11.2 Å². The molecule has 3 aromatic rings. The third kappa shape index (κ3) is 2.08. The van der Waals surface area contributed by atoms with Crippen molar-refractivity contribution in [1.29, 1.82) is 0 Å². The van der Waals surface area contributed by atoms with Crippen molar-refractivity contribution in [3.05, 3.63) is 70.7 Å². The molecule has 0 aliphatic carbocycles. The van der Waals surface area contributed by atoms with E-state index >= 15 is 0 Å². The van der Waals surface area contributed by atoms with Crippen LogP contribution in [0.1, 0.15) is 41.8 Å². The number of alkyl halides is 2. The zero-order valence-corrected chi connectivity index (χ0v) is 14.6. The number of fused-ring (bicyclic) bond motifs is 2. The van der Waals surface area contributed by atoms with Gasteiger partial charge in [0.2, 0.25) is 0 Å². The molecule has 3 heterocycles. The Bertz CT molecular complexity index is 1030. The summed E-state index contributed by atoms with van der Waals surface area (Å²) in [5.41, 5.74) is 3.28. The van der Waals surface area contributed by atoms with Gasteiger partial charge in [-0.3, -0.25) is 9.39 Å². The first kappa shape index (κ1) is 15.9. The summed E-state index contributed by atoms with van der Waals surface area (Å²) in [7, 11) is 0. The lowest BCUT2D eigenvalue weighted by molar-refractivity contribution is -0.0682. The van der Waals surface area contributed by atoms with Crippen LogP contribution >= 0.6 is 0 Å². The van der Waals surface area contributed by atoms with Gasteiger partial charge in [0.25, 0.3) is 5.92 Å². The van der Waals surface area contributed by atoms with Crippen molar-refractivity contribution in [2.75, 3.05) is 0 Å². The molecule has 0 saturated heterocycles. The first-order chi connectivity index (χ1) is 11.7. The van der Waals surface area contributed by atoms with Crippen LogP contribution in [0.15, 0.2) is 47.7 Å². The second-order valence-corrected chi connectivity index (χ2v) is 7.10. The number of aryl methyl sites for hydroxylation is 2. The van der Waals surface area contributed by atoms with Gasteiger partial charge in [0.05, 0.1) is 17.6 Å². The van der Waals surface area contributed by atoms with Gasteiger partial charge < -0.3 is 0 Å². The highest BCUT2D eigenvalue weighted by molar-refractivity contribution is 6.14. The summed E-state index contributed by atoms with van der Waals surface area (Å²) in [5.74, 6) is -3.03. The highest BCUT2D eigenvalue weighted by atomic mass is 19.3. The molecule has 0 unspecified atom stereocenters. The maximum atomic E-state index is 14.9. The van der Waals surface area contributed by atoms with Crippen molar-refractivity contribution in [2.45, 2.75) is 39.2 Å². The molecule has 0 radical (unpaired) electrons. The summed E-state index contributed by atoms with van der Waals surface area (Å²) in [5, 5.41) is 0. The number of rotatable bonds is 1. The number of benzene rings is 1. The lowest BCUT2D eigenvalue weighted by Gasteiger charge is -2.37. The van der Waals surface area contributed by atoms with Gasteiger partial charge in [-0.25, -0.2) is 4.98 Å². The average Bonchev–Trinajstić information content (AvgIpc) is 2.99. The summed E-state index contributed by atoms with van der Waals surface area (Å²) in [6.07, 6.45) is 3.64. The van der Waals surface area contributed by atoms with E-state index < -0.39 is 11.5 Å². The Labute approximate surface area is 145 Å². The van der Waals surface area contributed by atoms with Crippen LogP contribution < -0.4 is 0 Å². The molecule has 5 heteroatoms. The lowest BCUT2D eigenvalue weighted by atomic mass is 9.82. The van der Waals surface area contributed by atoms with Crippen molar-refractivity contribution in [1.82, 2.24) is 9.38 Å². The maximum Gasteiger partial charge on any atom is 0.297 e. The Morgan fingerprint density at radius 2 is 1.76 bits per heavy atom. The third-order valence-electron chi connectivity index (χ3n) is 5.12. The van der Waals surface area contributed by atoms with E-state index in [0.717, 1.165) is 22.5 Å². The van der Waals surface area contributed by atoms with Crippen LogP contribution in [0.25, 0.3) is 5.65 Å². The van der Waals surface area contributed by atoms with Crippen LogP contribution in [-0.2, 0) is 5.92 Å². The number of hydrogen-bond donors (Lipinski definition) is 0. The normalized spacial score (nSPS) is 18.1. The molecule has 4 rings (SSSR count). The van der Waals surface area contributed by atoms with Gasteiger partial charge in [0.15, 0.2) is 0 Å².